The van der Waals surface area contributed by atoms with Crippen molar-refractivity contribution in [1.82, 2.24) is 14.2 Å². The summed E-state index contributed by atoms with van der Waals surface area (Å²) >= 11 is 1.66. The third-order valence-corrected chi connectivity index (χ3v) is 5.61. The SMILES string of the molecule is O=C([C@H]1CSCN1C(=O)c1cc2ccccn2c1)N1CCCC1. The highest BCUT2D eigenvalue weighted by atomic mass is 32.2. The van der Waals surface area contributed by atoms with Crippen molar-refractivity contribution in [2.24, 2.45) is 0 Å². The monoisotopic (exact) mass is 329 g/mol. The summed E-state index contributed by atoms with van der Waals surface area (Å²) in [5.41, 5.74) is 1.64. The lowest BCUT2D eigenvalue weighted by atomic mass is 10.2. The van der Waals surface area contributed by atoms with E-state index in [0.29, 0.717) is 17.2 Å². The molecule has 2 saturated heterocycles. The van der Waals surface area contributed by atoms with E-state index < -0.39 is 0 Å². The van der Waals surface area contributed by atoms with E-state index in [-0.39, 0.29) is 17.9 Å². The Balaban J connectivity index is 1.57. The van der Waals surface area contributed by atoms with Crippen molar-refractivity contribution in [2.45, 2.75) is 18.9 Å². The van der Waals surface area contributed by atoms with Crippen LogP contribution >= 0.6 is 11.8 Å². The number of likely N-dealkylation sites (tertiary alicyclic amines) is 1. The number of rotatable bonds is 2. The van der Waals surface area contributed by atoms with Crippen molar-refractivity contribution in [2.75, 3.05) is 24.7 Å². The number of carbonyl (C=O) groups is 2. The lowest BCUT2D eigenvalue weighted by Gasteiger charge is -2.26. The zero-order valence-corrected chi connectivity index (χ0v) is 13.7. The number of aromatic nitrogens is 1. The smallest absolute Gasteiger partial charge is 0.256 e. The van der Waals surface area contributed by atoms with E-state index in [4.69, 9.17) is 0 Å². The molecule has 2 amide bonds. The predicted octanol–water partition coefficient (Wildman–Crippen LogP) is 2.08. The minimum absolute atomic E-state index is 0.0451. The van der Waals surface area contributed by atoms with Crippen molar-refractivity contribution in [3.63, 3.8) is 0 Å². The molecule has 2 aliphatic rings. The van der Waals surface area contributed by atoms with Crippen LogP contribution in [0.4, 0.5) is 0 Å². The van der Waals surface area contributed by atoms with E-state index >= 15 is 0 Å². The van der Waals surface area contributed by atoms with Gasteiger partial charge in [0.2, 0.25) is 5.91 Å². The Morgan fingerprint density at radius 3 is 2.78 bits per heavy atom. The van der Waals surface area contributed by atoms with Crippen LogP contribution in [0.1, 0.15) is 23.2 Å². The first-order valence-electron chi connectivity index (χ1n) is 7.98. The number of amides is 2. The fourth-order valence-corrected chi connectivity index (χ4v) is 4.48. The number of nitrogens with zero attached hydrogens (tertiary/aromatic N) is 3. The van der Waals surface area contributed by atoms with Crippen molar-refractivity contribution >= 4 is 29.1 Å². The number of hydrogen-bond donors (Lipinski definition) is 0. The highest BCUT2D eigenvalue weighted by molar-refractivity contribution is 7.99. The van der Waals surface area contributed by atoms with Gasteiger partial charge in [0.1, 0.15) is 6.04 Å². The van der Waals surface area contributed by atoms with Crippen LogP contribution in [0, 0.1) is 0 Å². The summed E-state index contributed by atoms with van der Waals surface area (Å²) < 4.78 is 1.94. The number of fused-ring (bicyclic) bond motifs is 1. The Morgan fingerprint density at radius 1 is 1.17 bits per heavy atom. The molecule has 4 rings (SSSR count). The largest absolute Gasteiger partial charge is 0.341 e. The fraction of sp³-hybridized carbons (Fsp3) is 0.412. The van der Waals surface area contributed by atoms with Crippen LogP contribution in [0.5, 0.6) is 0 Å². The second kappa shape index (κ2) is 5.92. The third kappa shape index (κ3) is 2.61. The molecule has 1 atom stereocenters. The number of carbonyl (C=O) groups excluding carboxylic acids is 2. The van der Waals surface area contributed by atoms with Gasteiger partial charge in [-0.15, -0.1) is 11.8 Å². The quantitative estimate of drug-likeness (QED) is 0.847. The molecule has 23 heavy (non-hydrogen) atoms. The van der Waals surface area contributed by atoms with Gasteiger partial charge in [-0.2, -0.15) is 0 Å². The minimum atomic E-state index is -0.311. The maximum Gasteiger partial charge on any atom is 0.256 e. The number of hydrogen-bond acceptors (Lipinski definition) is 3. The van der Waals surface area contributed by atoms with Gasteiger partial charge in [0.15, 0.2) is 0 Å². The van der Waals surface area contributed by atoms with Crippen molar-refractivity contribution in [1.29, 1.82) is 0 Å². The fourth-order valence-electron chi connectivity index (χ4n) is 3.33. The molecule has 4 heterocycles. The second-order valence-electron chi connectivity index (χ2n) is 6.08. The van der Waals surface area contributed by atoms with Crippen LogP contribution in [-0.4, -0.2) is 56.8 Å². The first kappa shape index (κ1) is 14.6. The lowest BCUT2D eigenvalue weighted by Crippen LogP contribution is -2.48. The Kier molecular flexibility index (Phi) is 3.77. The molecule has 0 spiro atoms. The summed E-state index contributed by atoms with van der Waals surface area (Å²) in [6.45, 7) is 1.66. The topological polar surface area (TPSA) is 45.0 Å². The number of pyridine rings is 1. The van der Waals surface area contributed by atoms with E-state index in [1.54, 1.807) is 16.7 Å². The van der Waals surface area contributed by atoms with Gasteiger partial charge >= 0.3 is 0 Å². The Morgan fingerprint density at radius 2 is 2.00 bits per heavy atom. The molecule has 2 aromatic heterocycles. The standard InChI is InChI=1S/C17H19N3O2S/c21-16(13-9-14-5-1-2-8-19(14)10-13)20-12-23-11-15(20)17(22)18-6-3-4-7-18/h1-2,5,8-10,15H,3-4,6-7,11-12H2/t15-/m1/s1. The van der Waals surface area contributed by atoms with Gasteiger partial charge in [-0.05, 0) is 31.0 Å². The van der Waals surface area contributed by atoms with Gasteiger partial charge in [-0.25, -0.2) is 0 Å². The van der Waals surface area contributed by atoms with Gasteiger partial charge < -0.3 is 14.2 Å². The molecule has 0 radical (unpaired) electrons. The Labute approximate surface area is 139 Å². The van der Waals surface area contributed by atoms with E-state index in [1.165, 1.54) is 0 Å². The molecule has 120 valence electrons. The van der Waals surface area contributed by atoms with Crippen molar-refractivity contribution in [3.8, 4) is 0 Å². The van der Waals surface area contributed by atoms with E-state index in [1.807, 2.05) is 46.0 Å². The second-order valence-corrected chi connectivity index (χ2v) is 7.08. The summed E-state index contributed by atoms with van der Waals surface area (Å²) in [4.78, 5) is 29.2. The molecule has 5 nitrogen and oxygen atoms in total. The Bertz CT molecular complexity index is 718. The predicted molar refractivity (Wildman–Crippen MR) is 90.5 cm³/mol. The maximum absolute atomic E-state index is 12.9. The summed E-state index contributed by atoms with van der Waals surface area (Å²) in [5, 5.41) is 0. The first-order valence-corrected chi connectivity index (χ1v) is 9.14. The van der Waals surface area contributed by atoms with E-state index in [0.717, 1.165) is 31.4 Å². The van der Waals surface area contributed by atoms with Gasteiger partial charge in [-0.3, -0.25) is 9.59 Å². The molecule has 0 N–H and O–H groups in total. The first-order chi connectivity index (χ1) is 11.2. The van der Waals surface area contributed by atoms with Gasteiger partial charge in [-0.1, -0.05) is 6.07 Å². The summed E-state index contributed by atoms with van der Waals surface area (Å²) in [5.74, 6) is 1.37. The van der Waals surface area contributed by atoms with E-state index in [2.05, 4.69) is 0 Å². The Hall–Kier alpha value is -1.95. The van der Waals surface area contributed by atoms with E-state index in [9.17, 15) is 9.59 Å². The zero-order valence-electron chi connectivity index (χ0n) is 12.9. The normalized spacial score (nSPS) is 21.3. The van der Waals surface area contributed by atoms with Gasteiger partial charge in [0.25, 0.3) is 5.91 Å². The number of thioether (sulfide) groups is 1. The highest BCUT2D eigenvalue weighted by Crippen LogP contribution is 2.26. The summed E-state index contributed by atoms with van der Waals surface area (Å²) in [6.07, 6.45) is 5.92. The van der Waals surface area contributed by atoms with Crippen LogP contribution in [0.3, 0.4) is 0 Å². The molecule has 2 aliphatic heterocycles. The molecule has 6 heteroatoms. The van der Waals surface area contributed by atoms with Crippen LogP contribution in [0.15, 0.2) is 36.7 Å². The molecule has 0 saturated carbocycles. The molecular weight excluding hydrogens is 310 g/mol. The molecule has 0 unspecified atom stereocenters. The van der Waals surface area contributed by atoms with Crippen molar-refractivity contribution in [3.05, 3.63) is 42.2 Å². The van der Waals surface area contributed by atoms with Crippen molar-refractivity contribution < 1.29 is 9.59 Å². The molecule has 0 aromatic carbocycles. The zero-order chi connectivity index (χ0) is 15.8. The highest BCUT2D eigenvalue weighted by Gasteiger charge is 2.38. The average Bonchev–Trinajstić information content (AvgIpc) is 3.32. The maximum atomic E-state index is 12.9. The molecule has 0 aliphatic carbocycles. The summed E-state index contributed by atoms with van der Waals surface area (Å²) in [6, 6.07) is 7.45. The third-order valence-electron chi connectivity index (χ3n) is 4.60. The average molecular weight is 329 g/mol. The van der Waals surface area contributed by atoms with Crippen LogP contribution in [0.2, 0.25) is 0 Å². The molecule has 2 fully saturated rings. The molecule has 0 bridgehead atoms. The van der Waals surface area contributed by atoms with Gasteiger partial charge in [0.05, 0.1) is 11.4 Å². The minimum Gasteiger partial charge on any atom is -0.341 e. The van der Waals surface area contributed by atoms with Gasteiger partial charge in [0, 0.05) is 36.8 Å². The lowest BCUT2D eigenvalue weighted by molar-refractivity contribution is -0.133. The molecular formula is C17H19N3O2S. The molecule has 2 aromatic rings. The van der Waals surface area contributed by atoms with Crippen LogP contribution < -0.4 is 0 Å². The summed E-state index contributed by atoms with van der Waals surface area (Å²) in [7, 11) is 0. The van der Waals surface area contributed by atoms with Crippen LogP contribution in [0.25, 0.3) is 5.52 Å². The van der Waals surface area contributed by atoms with Crippen LogP contribution in [-0.2, 0) is 4.79 Å².